The van der Waals surface area contributed by atoms with Gasteiger partial charge in [0.2, 0.25) is 0 Å². The van der Waals surface area contributed by atoms with E-state index < -0.39 is 83.6 Å². The predicted octanol–water partition coefficient (Wildman–Crippen LogP) is 4.10. The number of nitrogens with zero attached hydrogens (tertiary/aromatic N) is 4. The van der Waals surface area contributed by atoms with Gasteiger partial charge in [0.25, 0.3) is 11.5 Å². The maximum Gasteiger partial charge on any atom is 0.573 e. The number of alkyl halides is 6. The molecular formula is C33H30F7N5O7. The number of amides is 1. The molecule has 3 heterocycles. The zero-order valence-corrected chi connectivity index (χ0v) is 27.6. The van der Waals surface area contributed by atoms with Gasteiger partial charge in [-0.3, -0.25) is 19.1 Å². The van der Waals surface area contributed by atoms with Crippen LogP contribution < -0.4 is 26.2 Å². The number of hydrogen-bond donors (Lipinski definition) is 1. The minimum absolute atomic E-state index is 0.0371. The molecule has 19 heteroatoms. The first kappa shape index (κ1) is 37.8. The van der Waals surface area contributed by atoms with Crippen molar-refractivity contribution in [1.29, 1.82) is 0 Å². The molecule has 2 atom stereocenters. The fourth-order valence-corrected chi connectivity index (χ4v) is 5.85. The number of aryl methyl sites for hydroxylation is 2. The Morgan fingerprint density at radius 1 is 1.10 bits per heavy atom. The number of nitrogens with one attached hydrogen (secondary N) is 1. The topological polar surface area (TPSA) is 134 Å². The maximum atomic E-state index is 15.5. The van der Waals surface area contributed by atoms with Gasteiger partial charge in [-0.15, -0.1) is 13.2 Å². The molecule has 1 aliphatic rings. The number of pyridine rings is 1. The van der Waals surface area contributed by atoms with Crippen LogP contribution in [0.2, 0.25) is 0 Å². The van der Waals surface area contributed by atoms with Gasteiger partial charge in [0.05, 0.1) is 48.2 Å². The lowest BCUT2D eigenvalue weighted by Crippen LogP contribution is -2.53. The Labute approximate surface area is 289 Å². The van der Waals surface area contributed by atoms with Crippen molar-refractivity contribution in [2.75, 3.05) is 31.3 Å². The van der Waals surface area contributed by atoms with Gasteiger partial charge in [-0.05, 0) is 55.3 Å². The van der Waals surface area contributed by atoms with Gasteiger partial charge in [-0.2, -0.15) is 13.2 Å². The summed E-state index contributed by atoms with van der Waals surface area (Å²) in [5, 5.41) is 2.26. The van der Waals surface area contributed by atoms with Gasteiger partial charge >= 0.3 is 24.2 Å². The van der Waals surface area contributed by atoms with Crippen molar-refractivity contribution in [2.45, 2.75) is 44.9 Å². The number of rotatable bonds is 9. The van der Waals surface area contributed by atoms with Crippen LogP contribution in [0.3, 0.4) is 0 Å². The Hall–Kier alpha value is -5.46. The largest absolute Gasteiger partial charge is 0.573 e. The number of hydrogen-bond acceptors (Lipinski definition) is 9. The molecule has 1 amide bonds. The van der Waals surface area contributed by atoms with E-state index in [1.54, 1.807) is 0 Å². The van der Waals surface area contributed by atoms with E-state index in [0.717, 1.165) is 27.7 Å². The quantitative estimate of drug-likeness (QED) is 0.199. The molecule has 1 fully saturated rings. The highest BCUT2D eigenvalue weighted by Gasteiger charge is 2.46. The molecule has 1 aliphatic heterocycles. The standard InChI is InChI=1S/C33H30F7N5O7/c1-4-51-30(48)22(42-28(46)27-17(2)11-19(14-21(27)34)44-9-10-50-16-26(44)32(35,36)37)12-18-5-6-23(25(13-18)52-33(38,39)40)45-29(47)20-7-8-41-15-24(20)43(3)31(45)49/h5-8,11,13-15,22,26H,4,9-10,12,16H2,1-3H3,(H,42,46)/t22-,26+/m0/s1. The van der Waals surface area contributed by atoms with Crippen LogP contribution in [0.4, 0.5) is 36.4 Å². The first-order valence-electron chi connectivity index (χ1n) is 15.5. The molecule has 0 unspecified atom stereocenters. The summed E-state index contributed by atoms with van der Waals surface area (Å²) in [7, 11) is 1.29. The number of ether oxygens (including phenoxy) is 3. The zero-order chi connectivity index (χ0) is 38.1. The number of aromatic nitrogens is 3. The Balaban J connectivity index is 1.49. The SMILES string of the molecule is CCOC(=O)[C@H](Cc1ccc(-n2c(=O)c3ccncc3n(C)c2=O)c(OC(F)(F)F)c1)NC(=O)c1c(C)cc(N2CCOC[C@@H]2C(F)(F)F)cc1F. The van der Waals surface area contributed by atoms with Crippen molar-refractivity contribution in [1.82, 2.24) is 19.4 Å². The van der Waals surface area contributed by atoms with E-state index in [2.05, 4.69) is 15.0 Å². The summed E-state index contributed by atoms with van der Waals surface area (Å²) in [4.78, 5) is 57.6. The van der Waals surface area contributed by atoms with Crippen molar-refractivity contribution in [3.8, 4) is 11.4 Å². The number of benzene rings is 2. The van der Waals surface area contributed by atoms with E-state index in [9.17, 15) is 45.5 Å². The number of halogens is 7. The highest BCUT2D eigenvalue weighted by molar-refractivity contribution is 5.98. The predicted molar refractivity (Wildman–Crippen MR) is 170 cm³/mol. The second-order valence-corrected chi connectivity index (χ2v) is 11.7. The summed E-state index contributed by atoms with van der Waals surface area (Å²) in [5.74, 6) is -4.42. The van der Waals surface area contributed by atoms with Crippen LogP contribution in [0.15, 0.2) is 58.4 Å². The molecule has 4 aromatic rings. The summed E-state index contributed by atoms with van der Waals surface area (Å²) in [6.07, 6.45) is -8.06. The fraction of sp³-hybridized carbons (Fsp3) is 0.364. The van der Waals surface area contributed by atoms with Gasteiger partial charge in [-0.25, -0.2) is 18.5 Å². The second-order valence-electron chi connectivity index (χ2n) is 11.7. The minimum atomic E-state index is -5.31. The van der Waals surface area contributed by atoms with Crippen LogP contribution in [0.5, 0.6) is 5.75 Å². The first-order valence-corrected chi connectivity index (χ1v) is 15.5. The minimum Gasteiger partial charge on any atom is -0.464 e. The molecular weight excluding hydrogens is 711 g/mol. The summed E-state index contributed by atoms with van der Waals surface area (Å²) in [6, 6.07) is 2.48. The molecule has 0 saturated carbocycles. The molecule has 0 bridgehead atoms. The van der Waals surface area contributed by atoms with E-state index >= 15 is 4.39 Å². The van der Waals surface area contributed by atoms with Crippen LogP contribution >= 0.6 is 0 Å². The molecule has 2 aromatic carbocycles. The molecule has 5 rings (SSSR count). The molecule has 0 radical (unpaired) electrons. The smallest absolute Gasteiger partial charge is 0.464 e. The maximum absolute atomic E-state index is 15.5. The number of fused-ring (bicyclic) bond motifs is 1. The molecule has 2 aromatic heterocycles. The molecule has 278 valence electrons. The van der Waals surface area contributed by atoms with Gasteiger partial charge in [0, 0.05) is 31.9 Å². The van der Waals surface area contributed by atoms with Crippen molar-refractivity contribution < 1.29 is 54.5 Å². The third-order valence-electron chi connectivity index (χ3n) is 8.22. The number of morpholine rings is 1. The number of esters is 1. The average molecular weight is 742 g/mol. The molecule has 0 aliphatic carbocycles. The van der Waals surface area contributed by atoms with E-state index in [4.69, 9.17) is 9.47 Å². The summed E-state index contributed by atoms with van der Waals surface area (Å²) in [6.45, 7) is 1.59. The molecule has 1 saturated heterocycles. The van der Waals surface area contributed by atoms with Crippen molar-refractivity contribution in [2.24, 2.45) is 7.05 Å². The zero-order valence-electron chi connectivity index (χ0n) is 27.6. The fourth-order valence-electron chi connectivity index (χ4n) is 5.85. The highest BCUT2D eigenvalue weighted by atomic mass is 19.4. The molecule has 0 spiro atoms. The number of anilines is 1. The molecule has 12 nitrogen and oxygen atoms in total. The lowest BCUT2D eigenvalue weighted by molar-refractivity contribution is -0.274. The Morgan fingerprint density at radius 3 is 2.48 bits per heavy atom. The van der Waals surface area contributed by atoms with E-state index in [1.165, 1.54) is 51.5 Å². The Kier molecular flexibility index (Phi) is 10.6. The monoisotopic (exact) mass is 741 g/mol. The Morgan fingerprint density at radius 2 is 1.83 bits per heavy atom. The molecule has 52 heavy (non-hydrogen) atoms. The van der Waals surface area contributed by atoms with Gasteiger partial charge in [0.15, 0.2) is 5.75 Å². The average Bonchev–Trinajstić information content (AvgIpc) is 3.06. The number of carbonyl (C=O) groups excluding carboxylic acids is 2. The summed E-state index contributed by atoms with van der Waals surface area (Å²) >= 11 is 0. The lowest BCUT2D eigenvalue weighted by atomic mass is 10.0. The van der Waals surface area contributed by atoms with Crippen LogP contribution in [0, 0.1) is 12.7 Å². The number of carbonyl (C=O) groups is 2. The molecule has 1 N–H and O–H groups in total. The van der Waals surface area contributed by atoms with E-state index in [1.807, 2.05) is 0 Å². The van der Waals surface area contributed by atoms with Crippen LogP contribution in [-0.2, 0) is 27.7 Å². The summed E-state index contributed by atoms with van der Waals surface area (Å²) < 4.78 is 113. The normalized spacial score (nSPS) is 15.7. The van der Waals surface area contributed by atoms with E-state index in [-0.39, 0.29) is 47.5 Å². The van der Waals surface area contributed by atoms with Crippen molar-refractivity contribution >= 4 is 28.5 Å². The first-order chi connectivity index (χ1) is 24.4. The van der Waals surface area contributed by atoms with Gasteiger partial charge in [0.1, 0.15) is 17.9 Å². The highest BCUT2D eigenvalue weighted by Crippen LogP contribution is 2.33. The summed E-state index contributed by atoms with van der Waals surface area (Å²) in [5.41, 5.74) is -3.38. The van der Waals surface area contributed by atoms with Gasteiger partial charge < -0.3 is 24.4 Å². The third-order valence-corrected chi connectivity index (χ3v) is 8.22. The lowest BCUT2D eigenvalue weighted by Gasteiger charge is -2.38. The van der Waals surface area contributed by atoms with Crippen LogP contribution in [-0.4, -0.2) is 77.0 Å². The van der Waals surface area contributed by atoms with Gasteiger partial charge in [-0.1, -0.05) is 6.07 Å². The van der Waals surface area contributed by atoms with Crippen molar-refractivity contribution in [3.05, 3.63) is 92.1 Å². The third kappa shape index (κ3) is 7.88. The second kappa shape index (κ2) is 14.6. The van der Waals surface area contributed by atoms with Crippen LogP contribution in [0.1, 0.15) is 28.4 Å². The van der Waals surface area contributed by atoms with Crippen LogP contribution in [0.25, 0.3) is 16.6 Å². The Bertz CT molecular complexity index is 2110. The van der Waals surface area contributed by atoms with Crippen molar-refractivity contribution in [3.63, 3.8) is 0 Å². The van der Waals surface area contributed by atoms with E-state index in [0.29, 0.717) is 4.57 Å².